The van der Waals surface area contributed by atoms with Crippen LogP contribution in [0.15, 0.2) is 73.6 Å². The second-order valence-corrected chi connectivity index (χ2v) is 8.81. The normalized spacial score (nSPS) is 12.8. The van der Waals surface area contributed by atoms with Gasteiger partial charge in [0.1, 0.15) is 23.2 Å². The maximum atomic E-state index is 15.5. The van der Waals surface area contributed by atoms with Crippen molar-refractivity contribution in [1.29, 1.82) is 0 Å². The zero-order chi connectivity index (χ0) is 16.8. The van der Waals surface area contributed by atoms with E-state index in [1.807, 2.05) is 36.4 Å². The summed E-state index contributed by atoms with van der Waals surface area (Å²) in [5, 5.41) is 2.49. The Morgan fingerprint density at radius 3 is 1.33 bits per heavy atom. The van der Waals surface area contributed by atoms with E-state index in [0.717, 1.165) is 15.9 Å². The highest BCUT2D eigenvalue weighted by molar-refractivity contribution is 7.96. The van der Waals surface area contributed by atoms with Gasteiger partial charge in [0, 0.05) is 43.6 Å². The number of halogens is 2. The van der Waals surface area contributed by atoms with Crippen LogP contribution in [0.5, 0.6) is 0 Å². The van der Waals surface area contributed by atoms with E-state index in [1.54, 1.807) is 37.2 Å². The Morgan fingerprint density at radius 1 is 0.708 bits per heavy atom. The molecule has 6 heteroatoms. The summed E-state index contributed by atoms with van der Waals surface area (Å²) in [6, 6.07) is 10.9. The van der Waals surface area contributed by atoms with Gasteiger partial charge in [-0.3, -0.25) is 19.3 Å². The standard InChI is InChI=1S/C18H17F2N3P/c19-8-1-18(20)24(15-2-9-21-10-3-15,16-4-11-22-12-5-16)17-6-13-23-14-7-17/h2-7,9-14,18H,1,8H2/q+1. The largest absolute Gasteiger partial charge is 0.264 e. The predicted molar refractivity (Wildman–Crippen MR) is 94.0 cm³/mol. The van der Waals surface area contributed by atoms with Crippen molar-refractivity contribution >= 4 is 23.2 Å². The third kappa shape index (κ3) is 2.92. The molecule has 122 valence electrons. The maximum absolute atomic E-state index is 15.5. The van der Waals surface area contributed by atoms with Crippen molar-refractivity contribution < 1.29 is 8.78 Å². The van der Waals surface area contributed by atoms with Gasteiger partial charge in [0.15, 0.2) is 0 Å². The third-order valence-electron chi connectivity index (χ3n) is 3.98. The van der Waals surface area contributed by atoms with Gasteiger partial charge in [0.25, 0.3) is 0 Å². The smallest absolute Gasteiger partial charge is 0.221 e. The number of alkyl halides is 2. The molecule has 0 aliphatic heterocycles. The van der Waals surface area contributed by atoms with E-state index >= 15 is 4.39 Å². The van der Waals surface area contributed by atoms with E-state index in [2.05, 4.69) is 15.0 Å². The quantitative estimate of drug-likeness (QED) is 0.646. The van der Waals surface area contributed by atoms with Crippen LogP contribution in [0.4, 0.5) is 8.78 Å². The molecule has 0 N–H and O–H groups in total. The van der Waals surface area contributed by atoms with Gasteiger partial charge < -0.3 is 0 Å². The van der Waals surface area contributed by atoms with Crippen LogP contribution in [0.1, 0.15) is 6.42 Å². The Labute approximate surface area is 140 Å². The van der Waals surface area contributed by atoms with E-state index in [0.29, 0.717) is 0 Å². The van der Waals surface area contributed by atoms with E-state index in [-0.39, 0.29) is 6.42 Å². The van der Waals surface area contributed by atoms with Crippen molar-refractivity contribution in [3.8, 4) is 0 Å². The van der Waals surface area contributed by atoms with E-state index in [9.17, 15) is 4.39 Å². The fourth-order valence-corrected chi connectivity index (χ4v) is 7.11. The molecule has 0 aromatic carbocycles. The van der Waals surface area contributed by atoms with Crippen LogP contribution in [0.2, 0.25) is 0 Å². The third-order valence-corrected chi connectivity index (χ3v) is 8.41. The summed E-state index contributed by atoms with van der Waals surface area (Å²) in [7, 11) is -2.69. The second kappa shape index (κ2) is 7.54. The molecule has 3 aromatic rings. The molecular weight excluding hydrogens is 327 g/mol. The first-order valence-electron chi connectivity index (χ1n) is 7.60. The topological polar surface area (TPSA) is 38.7 Å². The minimum Gasteiger partial charge on any atom is -0.264 e. The van der Waals surface area contributed by atoms with Crippen LogP contribution in [-0.4, -0.2) is 27.5 Å². The highest BCUT2D eigenvalue weighted by Crippen LogP contribution is 2.61. The predicted octanol–water partition coefficient (Wildman–Crippen LogP) is 2.82. The maximum Gasteiger partial charge on any atom is 0.221 e. The molecule has 0 spiro atoms. The van der Waals surface area contributed by atoms with Gasteiger partial charge in [-0.05, 0) is 36.4 Å². The van der Waals surface area contributed by atoms with Crippen LogP contribution in [0.3, 0.4) is 0 Å². The molecule has 3 nitrogen and oxygen atoms in total. The van der Waals surface area contributed by atoms with Gasteiger partial charge in [0.2, 0.25) is 5.91 Å². The zero-order valence-electron chi connectivity index (χ0n) is 13.0. The number of nitrogens with zero attached hydrogens (tertiary/aromatic N) is 3. The molecule has 24 heavy (non-hydrogen) atoms. The van der Waals surface area contributed by atoms with Crippen molar-refractivity contribution in [2.24, 2.45) is 0 Å². The monoisotopic (exact) mass is 344 g/mol. The second-order valence-electron chi connectivity index (χ2n) is 5.25. The van der Waals surface area contributed by atoms with Crippen molar-refractivity contribution in [1.82, 2.24) is 15.0 Å². The summed E-state index contributed by atoms with van der Waals surface area (Å²) in [5.41, 5.74) is 0. The molecule has 0 aliphatic rings. The Balaban J connectivity index is 2.33. The first kappa shape index (κ1) is 16.6. The first-order valence-corrected chi connectivity index (χ1v) is 9.46. The van der Waals surface area contributed by atoms with Gasteiger partial charge in [-0.1, -0.05) is 0 Å². The van der Waals surface area contributed by atoms with Crippen LogP contribution >= 0.6 is 7.26 Å². The fourth-order valence-electron chi connectivity index (χ4n) is 2.95. The lowest BCUT2D eigenvalue weighted by Gasteiger charge is -2.29. The summed E-state index contributed by atoms with van der Waals surface area (Å²) in [6.45, 7) is -0.704. The Morgan fingerprint density at radius 2 is 1.04 bits per heavy atom. The highest BCUT2D eigenvalue weighted by Gasteiger charge is 2.53. The molecule has 0 saturated carbocycles. The Hall–Kier alpha value is -2.26. The van der Waals surface area contributed by atoms with E-state index in [4.69, 9.17) is 0 Å². The SMILES string of the molecule is FCCC(F)[P+](c1ccncc1)(c1ccncc1)c1ccncc1. The lowest BCUT2D eigenvalue weighted by molar-refractivity contribution is 0.365. The molecule has 0 fully saturated rings. The van der Waals surface area contributed by atoms with Crippen LogP contribution in [0, 0.1) is 0 Å². The molecule has 0 radical (unpaired) electrons. The number of pyridine rings is 3. The number of hydrogen-bond acceptors (Lipinski definition) is 3. The van der Waals surface area contributed by atoms with E-state index < -0.39 is 19.8 Å². The average Bonchev–Trinajstić information content (AvgIpc) is 2.65. The molecule has 0 bridgehead atoms. The number of rotatable bonds is 6. The van der Waals surface area contributed by atoms with Crippen molar-refractivity contribution in [2.45, 2.75) is 12.3 Å². The summed E-state index contributed by atoms with van der Waals surface area (Å²) in [5.74, 6) is -1.34. The molecule has 1 atom stereocenters. The van der Waals surface area contributed by atoms with Gasteiger partial charge in [0.05, 0.1) is 6.67 Å². The van der Waals surface area contributed by atoms with Gasteiger partial charge >= 0.3 is 0 Å². The minimum atomic E-state index is -2.69. The van der Waals surface area contributed by atoms with Gasteiger partial charge in [-0.25, -0.2) is 4.39 Å². The van der Waals surface area contributed by atoms with Gasteiger partial charge in [-0.15, -0.1) is 0 Å². The summed E-state index contributed by atoms with van der Waals surface area (Å²) in [4.78, 5) is 12.1. The van der Waals surface area contributed by atoms with Crippen molar-refractivity contribution in [3.05, 3.63) is 73.6 Å². The van der Waals surface area contributed by atoms with Gasteiger partial charge in [-0.2, -0.15) is 0 Å². The number of hydrogen-bond donors (Lipinski definition) is 0. The van der Waals surface area contributed by atoms with Crippen molar-refractivity contribution in [3.63, 3.8) is 0 Å². The zero-order valence-corrected chi connectivity index (χ0v) is 13.9. The van der Waals surface area contributed by atoms with Crippen LogP contribution in [0.25, 0.3) is 0 Å². The molecule has 3 aromatic heterocycles. The summed E-state index contributed by atoms with van der Waals surface area (Å²) >= 11 is 0. The molecule has 1 unspecified atom stereocenters. The minimum absolute atomic E-state index is 0.152. The molecule has 0 saturated heterocycles. The van der Waals surface area contributed by atoms with Crippen molar-refractivity contribution in [2.75, 3.05) is 6.67 Å². The average molecular weight is 344 g/mol. The van der Waals surface area contributed by atoms with Crippen LogP contribution in [-0.2, 0) is 0 Å². The van der Waals surface area contributed by atoms with E-state index in [1.165, 1.54) is 0 Å². The summed E-state index contributed by atoms with van der Waals surface area (Å²) in [6.07, 6.45) is 9.73. The molecule has 3 heterocycles. The lowest BCUT2D eigenvalue weighted by atomic mass is 10.5. The number of aromatic nitrogens is 3. The van der Waals surface area contributed by atoms with Crippen LogP contribution < -0.4 is 15.9 Å². The Bertz CT molecular complexity index is 660. The highest BCUT2D eigenvalue weighted by atomic mass is 31.2. The lowest BCUT2D eigenvalue weighted by Crippen LogP contribution is -2.37. The molecular formula is C18H17F2N3P+. The molecule has 0 aliphatic carbocycles. The Kier molecular flexibility index (Phi) is 5.21. The first-order chi connectivity index (χ1) is 11.8. The molecule has 3 rings (SSSR count). The molecule has 0 amide bonds. The summed E-state index contributed by atoms with van der Waals surface area (Å²) < 4.78 is 28.6. The fraction of sp³-hybridized carbons (Fsp3) is 0.167.